The molecule has 0 bridgehead atoms. The molecule has 6 nitrogen and oxygen atoms in total. The van der Waals surface area contributed by atoms with Crippen LogP contribution in [-0.2, 0) is 16.0 Å². The van der Waals surface area contributed by atoms with E-state index in [0.717, 1.165) is 16.3 Å². The van der Waals surface area contributed by atoms with E-state index in [1.807, 2.05) is 49.6 Å². The molecule has 0 radical (unpaired) electrons. The van der Waals surface area contributed by atoms with Crippen LogP contribution in [0.1, 0.15) is 19.5 Å². The van der Waals surface area contributed by atoms with Crippen molar-refractivity contribution in [1.29, 1.82) is 0 Å². The molecule has 0 aliphatic heterocycles. The molecule has 7 heteroatoms. The number of hydrogen-bond acceptors (Lipinski definition) is 5. The van der Waals surface area contributed by atoms with E-state index >= 15 is 0 Å². The molecule has 25 heavy (non-hydrogen) atoms. The number of rotatable bonds is 8. The normalized spacial score (nSPS) is 12.0. The van der Waals surface area contributed by atoms with Crippen molar-refractivity contribution in [1.82, 2.24) is 15.6 Å². The van der Waals surface area contributed by atoms with Gasteiger partial charge in [0.15, 0.2) is 0 Å². The van der Waals surface area contributed by atoms with Crippen LogP contribution in [0.3, 0.4) is 0 Å². The van der Waals surface area contributed by atoms with Crippen molar-refractivity contribution in [3.63, 3.8) is 0 Å². The monoisotopic (exact) mass is 360 g/mol. The highest BCUT2D eigenvalue weighted by Gasteiger charge is 2.17. The summed E-state index contributed by atoms with van der Waals surface area (Å²) in [6.45, 7) is 4.14. The zero-order valence-corrected chi connectivity index (χ0v) is 15.3. The largest absolute Gasteiger partial charge is 0.354 e. The summed E-state index contributed by atoms with van der Waals surface area (Å²) in [6, 6.07) is 9.38. The summed E-state index contributed by atoms with van der Waals surface area (Å²) >= 11 is 1.59. The second-order valence-corrected chi connectivity index (χ2v) is 6.96. The first-order valence-corrected chi connectivity index (χ1v) is 9.15. The molecule has 1 atom stereocenters. The smallest absolute Gasteiger partial charge is 0.239 e. The maximum atomic E-state index is 11.8. The number of aromatic nitrogens is 1. The molecule has 1 heterocycles. The number of thiazole rings is 1. The van der Waals surface area contributed by atoms with Gasteiger partial charge in [-0.15, -0.1) is 11.3 Å². The van der Waals surface area contributed by atoms with Gasteiger partial charge in [-0.25, -0.2) is 4.98 Å². The van der Waals surface area contributed by atoms with Crippen molar-refractivity contribution in [2.24, 2.45) is 11.7 Å². The summed E-state index contributed by atoms with van der Waals surface area (Å²) in [4.78, 5) is 28.0. The number of benzene rings is 1. The highest BCUT2D eigenvalue weighted by molar-refractivity contribution is 7.13. The highest BCUT2D eigenvalue weighted by atomic mass is 32.1. The third-order valence-corrected chi connectivity index (χ3v) is 4.66. The maximum Gasteiger partial charge on any atom is 0.239 e. The number of hydrogen-bond donors (Lipinski definition) is 3. The average molecular weight is 360 g/mol. The Morgan fingerprint density at radius 2 is 1.92 bits per heavy atom. The van der Waals surface area contributed by atoms with E-state index in [1.165, 1.54) is 0 Å². The van der Waals surface area contributed by atoms with Gasteiger partial charge in [-0.1, -0.05) is 44.2 Å². The van der Waals surface area contributed by atoms with Gasteiger partial charge in [-0.3, -0.25) is 9.59 Å². The summed E-state index contributed by atoms with van der Waals surface area (Å²) in [5.41, 5.74) is 7.75. The van der Waals surface area contributed by atoms with Crippen LogP contribution in [0.5, 0.6) is 0 Å². The first-order chi connectivity index (χ1) is 12.0. The van der Waals surface area contributed by atoms with Gasteiger partial charge in [0.05, 0.1) is 18.3 Å². The van der Waals surface area contributed by atoms with Crippen LogP contribution in [0.4, 0.5) is 0 Å². The van der Waals surface area contributed by atoms with E-state index in [2.05, 4.69) is 15.6 Å². The Hall–Kier alpha value is -2.25. The van der Waals surface area contributed by atoms with Gasteiger partial charge in [-0.05, 0) is 5.92 Å². The van der Waals surface area contributed by atoms with Crippen LogP contribution < -0.4 is 16.4 Å². The Morgan fingerprint density at radius 3 is 2.60 bits per heavy atom. The Bertz CT molecular complexity index is 700. The minimum Gasteiger partial charge on any atom is -0.354 e. The number of amides is 2. The van der Waals surface area contributed by atoms with Gasteiger partial charge < -0.3 is 16.4 Å². The molecule has 0 unspecified atom stereocenters. The molecule has 134 valence electrons. The molecule has 2 amide bonds. The molecule has 1 aromatic heterocycles. The summed E-state index contributed by atoms with van der Waals surface area (Å²) in [7, 11) is 0. The first-order valence-electron chi connectivity index (χ1n) is 8.27. The second-order valence-electron chi connectivity index (χ2n) is 6.10. The van der Waals surface area contributed by atoms with Gasteiger partial charge in [0.2, 0.25) is 11.8 Å². The van der Waals surface area contributed by atoms with Crippen LogP contribution in [0.25, 0.3) is 10.6 Å². The Kier molecular flexibility index (Phi) is 7.09. The number of carbonyl (C=O) groups excluding carboxylic acids is 2. The van der Waals surface area contributed by atoms with E-state index in [0.29, 0.717) is 13.0 Å². The van der Waals surface area contributed by atoms with Gasteiger partial charge in [-0.2, -0.15) is 0 Å². The molecular weight excluding hydrogens is 336 g/mol. The van der Waals surface area contributed by atoms with Crippen LogP contribution in [0, 0.1) is 5.92 Å². The molecule has 2 aromatic rings. The topological polar surface area (TPSA) is 97.1 Å². The average Bonchev–Trinajstić information content (AvgIpc) is 3.08. The van der Waals surface area contributed by atoms with Crippen molar-refractivity contribution in [2.75, 3.05) is 13.1 Å². The van der Waals surface area contributed by atoms with Crippen LogP contribution in [0.15, 0.2) is 35.7 Å². The number of carbonyl (C=O) groups is 2. The van der Waals surface area contributed by atoms with Crippen molar-refractivity contribution < 1.29 is 9.59 Å². The SMILES string of the molecule is CC(C)[C@H](N)C(=O)NCC(=O)NCCc1csc(-c2ccccc2)n1. The molecule has 2 rings (SSSR count). The molecule has 4 N–H and O–H groups in total. The Balaban J connectivity index is 1.71. The molecule has 0 aliphatic rings. The van der Waals surface area contributed by atoms with Crippen LogP contribution >= 0.6 is 11.3 Å². The van der Waals surface area contributed by atoms with Crippen molar-refractivity contribution in [3.8, 4) is 10.6 Å². The fraction of sp³-hybridized carbons (Fsp3) is 0.389. The summed E-state index contributed by atoms with van der Waals surface area (Å²) in [5, 5.41) is 8.29. The van der Waals surface area contributed by atoms with Crippen molar-refractivity contribution in [3.05, 3.63) is 41.4 Å². The standard InChI is InChI=1S/C18H24N4O2S/c1-12(2)16(19)17(24)21-10-15(23)20-9-8-14-11-25-18(22-14)13-6-4-3-5-7-13/h3-7,11-12,16H,8-10,19H2,1-2H3,(H,20,23)(H,21,24)/t16-/m0/s1. The summed E-state index contributed by atoms with van der Waals surface area (Å²) in [6.07, 6.45) is 0.647. The van der Waals surface area contributed by atoms with E-state index < -0.39 is 6.04 Å². The summed E-state index contributed by atoms with van der Waals surface area (Å²) in [5.74, 6) is -0.508. The van der Waals surface area contributed by atoms with Gasteiger partial charge >= 0.3 is 0 Å². The van der Waals surface area contributed by atoms with Crippen LogP contribution in [0.2, 0.25) is 0 Å². The quantitative estimate of drug-likeness (QED) is 0.666. The molecule has 0 saturated heterocycles. The van der Waals surface area contributed by atoms with E-state index in [-0.39, 0.29) is 24.3 Å². The molecule has 0 fully saturated rings. The molecule has 0 aliphatic carbocycles. The first kappa shape index (κ1) is 19.1. The van der Waals surface area contributed by atoms with E-state index in [4.69, 9.17) is 5.73 Å². The predicted molar refractivity (Wildman–Crippen MR) is 100 cm³/mol. The van der Waals surface area contributed by atoms with E-state index in [9.17, 15) is 9.59 Å². The molecule has 1 aromatic carbocycles. The van der Waals surface area contributed by atoms with E-state index in [1.54, 1.807) is 11.3 Å². The molecule has 0 saturated carbocycles. The minimum atomic E-state index is -0.598. The third-order valence-electron chi connectivity index (χ3n) is 3.72. The van der Waals surface area contributed by atoms with Crippen molar-refractivity contribution >= 4 is 23.2 Å². The van der Waals surface area contributed by atoms with Gasteiger partial charge in [0, 0.05) is 23.9 Å². The molecular formula is C18H24N4O2S. The Labute approximate surface area is 151 Å². The minimum absolute atomic E-state index is 0.0338. The van der Waals surface area contributed by atoms with Crippen molar-refractivity contribution in [2.45, 2.75) is 26.3 Å². The lowest BCUT2D eigenvalue weighted by atomic mass is 10.1. The Morgan fingerprint density at radius 1 is 1.20 bits per heavy atom. The third kappa shape index (κ3) is 5.95. The van der Waals surface area contributed by atoms with Crippen LogP contribution in [-0.4, -0.2) is 35.9 Å². The lowest BCUT2D eigenvalue weighted by molar-refractivity contribution is -0.127. The zero-order valence-electron chi connectivity index (χ0n) is 14.5. The van der Waals surface area contributed by atoms with Gasteiger partial charge in [0.25, 0.3) is 0 Å². The fourth-order valence-corrected chi connectivity index (χ4v) is 2.98. The lowest BCUT2D eigenvalue weighted by Crippen LogP contribution is -2.47. The lowest BCUT2D eigenvalue weighted by Gasteiger charge is -2.15. The van der Waals surface area contributed by atoms with Gasteiger partial charge in [0.1, 0.15) is 5.01 Å². The fourth-order valence-electron chi connectivity index (χ4n) is 2.12. The number of nitrogens with one attached hydrogen (secondary N) is 2. The molecule has 0 spiro atoms. The summed E-state index contributed by atoms with van der Waals surface area (Å²) < 4.78 is 0. The predicted octanol–water partition coefficient (Wildman–Crippen LogP) is 1.57. The number of nitrogens with two attached hydrogens (primary N) is 1. The maximum absolute atomic E-state index is 11.8. The highest BCUT2D eigenvalue weighted by Crippen LogP contribution is 2.23. The number of nitrogens with zero attached hydrogens (tertiary/aromatic N) is 1. The second kappa shape index (κ2) is 9.29. The zero-order chi connectivity index (χ0) is 18.2.